The number of nitrogens with zero attached hydrogens (tertiary/aromatic N) is 2. The van der Waals surface area contributed by atoms with Crippen LogP contribution in [0, 0.1) is 16.0 Å². The van der Waals surface area contributed by atoms with E-state index in [2.05, 4.69) is 17.2 Å². The quantitative estimate of drug-likeness (QED) is 0.644. The summed E-state index contributed by atoms with van der Waals surface area (Å²) in [5, 5.41) is 14.0. The summed E-state index contributed by atoms with van der Waals surface area (Å²) in [5.74, 6) is 1.22. The fourth-order valence-corrected chi connectivity index (χ4v) is 2.69. The maximum absolute atomic E-state index is 10.7. The Morgan fingerprint density at radius 2 is 2.11 bits per heavy atom. The first-order chi connectivity index (χ1) is 9.08. The van der Waals surface area contributed by atoms with Crippen LogP contribution in [0.2, 0.25) is 0 Å². The van der Waals surface area contributed by atoms with Gasteiger partial charge in [0.25, 0.3) is 0 Å². The topological polar surface area (TPSA) is 94.1 Å². The van der Waals surface area contributed by atoms with Crippen LogP contribution in [0.5, 0.6) is 0 Å². The molecule has 1 unspecified atom stereocenters. The molecule has 1 heterocycles. The summed E-state index contributed by atoms with van der Waals surface area (Å²) in [4.78, 5) is 14.2. The molecule has 0 bridgehead atoms. The van der Waals surface area contributed by atoms with E-state index in [4.69, 9.17) is 5.73 Å². The largest absolute Gasteiger partial charge is 0.378 e. The van der Waals surface area contributed by atoms with Crippen molar-refractivity contribution >= 4 is 17.3 Å². The summed E-state index contributed by atoms with van der Waals surface area (Å²) in [6, 6.07) is 3.33. The van der Waals surface area contributed by atoms with Crippen molar-refractivity contribution in [3.63, 3.8) is 0 Å². The average Bonchev–Trinajstić information content (AvgIpc) is 2.39. The highest BCUT2D eigenvalue weighted by atomic mass is 16.6. The van der Waals surface area contributed by atoms with E-state index >= 15 is 0 Å². The second-order valence-corrected chi connectivity index (χ2v) is 5.19. The van der Waals surface area contributed by atoms with E-state index < -0.39 is 4.92 Å². The van der Waals surface area contributed by atoms with Gasteiger partial charge in [-0.3, -0.25) is 10.1 Å². The third-order valence-corrected chi connectivity index (χ3v) is 3.83. The number of aromatic nitrogens is 1. The molecule has 1 aliphatic carbocycles. The third-order valence-electron chi connectivity index (χ3n) is 3.83. The molecule has 6 nitrogen and oxygen atoms in total. The molecule has 104 valence electrons. The normalized spacial score (nSPS) is 17.9. The molecule has 0 saturated heterocycles. The standard InChI is InChI=1S/C13H20N4O2/c1-9(10-5-3-2-4-6-10)15-12-8-7-11(17(18)19)13(14)16-12/h7-10H,2-6H2,1H3,(H3,14,15,16). The van der Waals surface area contributed by atoms with Gasteiger partial charge in [-0.05, 0) is 31.7 Å². The van der Waals surface area contributed by atoms with Crippen LogP contribution in [0.4, 0.5) is 17.3 Å². The average molecular weight is 264 g/mol. The summed E-state index contributed by atoms with van der Waals surface area (Å²) < 4.78 is 0. The van der Waals surface area contributed by atoms with Gasteiger partial charge in [0.05, 0.1) is 4.92 Å². The molecule has 1 fully saturated rings. The Labute approximate surface area is 112 Å². The van der Waals surface area contributed by atoms with Gasteiger partial charge in [0.2, 0.25) is 5.82 Å². The molecule has 2 rings (SSSR count). The van der Waals surface area contributed by atoms with E-state index in [9.17, 15) is 10.1 Å². The first-order valence-electron chi connectivity index (χ1n) is 6.75. The predicted octanol–water partition coefficient (Wildman–Crippen LogP) is 2.95. The van der Waals surface area contributed by atoms with Crippen LogP contribution in [-0.2, 0) is 0 Å². The van der Waals surface area contributed by atoms with Crippen molar-refractivity contribution in [2.75, 3.05) is 11.1 Å². The molecule has 19 heavy (non-hydrogen) atoms. The van der Waals surface area contributed by atoms with E-state index in [0.717, 1.165) is 0 Å². The summed E-state index contributed by atoms with van der Waals surface area (Å²) >= 11 is 0. The Hall–Kier alpha value is -1.85. The van der Waals surface area contributed by atoms with Crippen molar-refractivity contribution < 1.29 is 4.92 Å². The van der Waals surface area contributed by atoms with Crippen LogP contribution in [0.1, 0.15) is 39.0 Å². The van der Waals surface area contributed by atoms with Crippen molar-refractivity contribution in [3.8, 4) is 0 Å². The lowest BCUT2D eigenvalue weighted by Crippen LogP contribution is -2.28. The minimum atomic E-state index is -0.517. The highest BCUT2D eigenvalue weighted by molar-refractivity contribution is 5.57. The van der Waals surface area contributed by atoms with Crippen LogP contribution in [0.25, 0.3) is 0 Å². The molecule has 1 atom stereocenters. The molecule has 0 aromatic carbocycles. The number of anilines is 2. The van der Waals surface area contributed by atoms with Crippen molar-refractivity contribution in [2.24, 2.45) is 5.92 Å². The maximum atomic E-state index is 10.7. The fourth-order valence-electron chi connectivity index (χ4n) is 2.69. The van der Waals surface area contributed by atoms with E-state index in [-0.39, 0.29) is 11.5 Å². The summed E-state index contributed by atoms with van der Waals surface area (Å²) in [5.41, 5.74) is 5.44. The van der Waals surface area contributed by atoms with Gasteiger partial charge in [0.1, 0.15) is 5.82 Å². The zero-order valence-electron chi connectivity index (χ0n) is 11.1. The van der Waals surface area contributed by atoms with Crippen LogP contribution in [0.15, 0.2) is 12.1 Å². The maximum Gasteiger partial charge on any atom is 0.311 e. The number of nitrogen functional groups attached to an aromatic ring is 1. The van der Waals surface area contributed by atoms with Crippen LogP contribution in [-0.4, -0.2) is 15.9 Å². The van der Waals surface area contributed by atoms with Gasteiger partial charge < -0.3 is 11.1 Å². The van der Waals surface area contributed by atoms with Crippen LogP contribution >= 0.6 is 0 Å². The second-order valence-electron chi connectivity index (χ2n) is 5.19. The highest BCUT2D eigenvalue weighted by Gasteiger charge is 2.21. The van der Waals surface area contributed by atoms with E-state index in [0.29, 0.717) is 17.8 Å². The SMILES string of the molecule is CC(Nc1ccc([N+](=O)[O-])c(N)n1)C1CCCCC1. The molecule has 1 aromatic heterocycles. The van der Waals surface area contributed by atoms with Gasteiger partial charge in [-0.25, -0.2) is 4.98 Å². The Balaban J connectivity index is 2.02. The van der Waals surface area contributed by atoms with Gasteiger partial charge in [0, 0.05) is 12.1 Å². The van der Waals surface area contributed by atoms with E-state index in [1.807, 2.05) is 0 Å². The lowest BCUT2D eigenvalue weighted by Gasteiger charge is -2.28. The minimum absolute atomic E-state index is 0.0363. The van der Waals surface area contributed by atoms with Crippen LogP contribution < -0.4 is 11.1 Å². The fraction of sp³-hybridized carbons (Fsp3) is 0.615. The smallest absolute Gasteiger partial charge is 0.311 e. The van der Waals surface area contributed by atoms with Crippen molar-refractivity contribution in [1.29, 1.82) is 0 Å². The zero-order chi connectivity index (χ0) is 13.8. The number of pyridine rings is 1. The monoisotopic (exact) mass is 264 g/mol. The number of nitrogens with one attached hydrogen (secondary N) is 1. The van der Waals surface area contributed by atoms with Gasteiger partial charge in [-0.2, -0.15) is 0 Å². The molecular weight excluding hydrogens is 244 g/mol. The predicted molar refractivity (Wildman–Crippen MR) is 75.0 cm³/mol. The molecule has 3 N–H and O–H groups in total. The number of hydrogen-bond donors (Lipinski definition) is 2. The first-order valence-corrected chi connectivity index (χ1v) is 6.75. The van der Waals surface area contributed by atoms with Gasteiger partial charge in [0.15, 0.2) is 0 Å². The van der Waals surface area contributed by atoms with Crippen molar-refractivity contribution in [1.82, 2.24) is 4.98 Å². The number of nitro groups is 1. The van der Waals surface area contributed by atoms with E-state index in [1.54, 1.807) is 6.07 Å². The number of hydrogen-bond acceptors (Lipinski definition) is 5. The Morgan fingerprint density at radius 1 is 1.42 bits per heavy atom. The van der Waals surface area contributed by atoms with E-state index in [1.165, 1.54) is 38.2 Å². The molecular formula is C13H20N4O2. The molecule has 0 radical (unpaired) electrons. The minimum Gasteiger partial charge on any atom is -0.378 e. The third kappa shape index (κ3) is 3.33. The van der Waals surface area contributed by atoms with Gasteiger partial charge in [-0.15, -0.1) is 0 Å². The molecule has 6 heteroatoms. The Kier molecular flexibility index (Phi) is 4.19. The highest BCUT2D eigenvalue weighted by Crippen LogP contribution is 2.28. The second kappa shape index (κ2) is 5.86. The Morgan fingerprint density at radius 3 is 2.68 bits per heavy atom. The molecule has 1 aliphatic rings. The summed E-state index contributed by atoms with van der Waals surface area (Å²) in [6.45, 7) is 2.13. The number of nitrogens with two attached hydrogens (primary N) is 1. The summed E-state index contributed by atoms with van der Waals surface area (Å²) in [6.07, 6.45) is 6.36. The molecule has 0 amide bonds. The number of rotatable bonds is 4. The van der Waals surface area contributed by atoms with Crippen molar-refractivity contribution in [2.45, 2.75) is 45.1 Å². The first kappa shape index (κ1) is 13.6. The van der Waals surface area contributed by atoms with Crippen molar-refractivity contribution in [3.05, 3.63) is 22.2 Å². The van der Waals surface area contributed by atoms with Crippen LogP contribution in [0.3, 0.4) is 0 Å². The molecule has 1 saturated carbocycles. The summed E-state index contributed by atoms with van der Waals surface area (Å²) in [7, 11) is 0. The molecule has 1 aromatic rings. The lowest BCUT2D eigenvalue weighted by atomic mass is 9.84. The molecule has 0 spiro atoms. The Bertz CT molecular complexity index is 458. The molecule has 0 aliphatic heterocycles. The van der Waals surface area contributed by atoms with Gasteiger partial charge in [-0.1, -0.05) is 19.3 Å². The van der Waals surface area contributed by atoms with Gasteiger partial charge >= 0.3 is 5.69 Å². The zero-order valence-corrected chi connectivity index (χ0v) is 11.1. The lowest BCUT2D eigenvalue weighted by molar-refractivity contribution is -0.384.